The highest BCUT2D eigenvalue weighted by Crippen LogP contribution is 2.30. The minimum absolute atomic E-state index is 0.564. The molecule has 3 heteroatoms. The van der Waals surface area contributed by atoms with E-state index >= 15 is 0 Å². The van der Waals surface area contributed by atoms with Gasteiger partial charge in [0.05, 0.1) is 5.52 Å². The summed E-state index contributed by atoms with van der Waals surface area (Å²) in [4.78, 5) is 0. The zero-order valence-corrected chi connectivity index (χ0v) is 10.0. The number of halogens is 1. The summed E-state index contributed by atoms with van der Waals surface area (Å²) in [5.74, 6) is 0. The molecule has 2 rings (SSSR count). The molecule has 0 spiro atoms. The smallest absolute Gasteiger partial charge is 0.0527 e. The molecular weight excluding hydrogens is 208 g/mol. The van der Waals surface area contributed by atoms with Crippen LogP contribution in [0.3, 0.4) is 0 Å². The third-order valence-electron chi connectivity index (χ3n) is 3.14. The third kappa shape index (κ3) is 1.36. The fourth-order valence-electron chi connectivity index (χ4n) is 2.24. The maximum absolute atomic E-state index is 6.12. The molecule has 15 heavy (non-hydrogen) atoms. The van der Waals surface area contributed by atoms with Crippen molar-refractivity contribution in [2.45, 2.75) is 20.4 Å². The van der Waals surface area contributed by atoms with Gasteiger partial charge in [-0.2, -0.15) is 0 Å². The highest BCUT2D eigenvalue weighted by atomic mass is 35.5. The molecule has 1 heterocycles. The van der Waals surface area contributed by atoms with E-state index in [4.69, 9.17) is 17.3 Å². The molecule has 0 aliphatic heterocycles. The van der Waals surface area contributed by atoms with E-state index in [1.807, 2.05) is 20.0 Å². The Labute approximate surface area is 94.6 Å². The normalized spacial score (nSPS) is 11.3. The molecule has 80 valence electrons. The average molecular weight is 223 g/mol. The van der Waals surface area contributed by atoms with Gasteiger partial charge in [0.1, 0.15) is 0 Å². The Balaban J connectivity index is 2.96. The van der Waals surface area contributed by atoms with Crippen LogP contribution < -0.4 is 5.73 Å². The van der Waals surface area contributed by atoms with Gasteiger partial charge in [0, 0.05) is 29.7 Å². The van der Waals surface area contributed by atoms with Crippen molar-refractivity contribution in [3.63, 3.8) is 0 Å². The van der Waals surface area contributed by atoms with Crippen molar-refractivity contribution in [1.82, 2.24) is 4.57 Å². The molecule has 0 radical (unpaired) electrons. The maximum Gasteiger partial charge on any atom is 0.0527 e. The van der Waals surface area contributed by atoms with Crippen molar-refractivity contribution in [3.8, 4) is 0 Å². The fraction of sp³-hybridized carbons (Fsp3) is 0.333. The summed E-state index contributed by atoms with van der Waals surface area (Å²) in [6, 6.07) is 4.02. The summed E-state index contributed by atoms with van der Waals surface area (Å²) < 4.78 is 2.14. The van der Waals surface area contributed by atoms with Crippen LogP contribution in [0.25, 0.3) is 10.9 Å². The third-order valence-corrected chi connectivity index (χ3v) is 3.54. The quantitative estimate of drug-likeness (QED) is 0.791. The van der Waals surface area contributed by atoms with E-state index in [-0.39, 0.29) is 0 Å². The standard InChI is InChI=1S/C12H15ClN2/c1-7-9-4-5-10(13)8(2)12(9)15(3)11(7)6-14/h4-5H,6,14H2,1-3H3. The molecule has 0 atom stereocenters. The van der Waals surface area contributed by atoms with Gasteiger partial charge >= 0.3 is 0 Å². The first-order chi connectivity index (χ1) is 7.07. The highest BCUT2D eigenvalue weighted by molar-refractivity contribution is 6.32. The Morgan fingerprint density at radius 2 is 1.93 bits per heavy atom. The summed E-state index contributed by atoms with van der Waals surface area (Å²) >= 11 is 6.12. The summed E-state index contributed by atoms with van der Waals surface area (Å²) in [6.07, 6.45) is 0. The van der Waals surface area contributed by atoms with Gasteiger partial charge in [0.2, 0.25) is 0 Å². The fourth-order valence-corrected chi connectivity index (χ4v) is 2.39. The summed E-state index contributed by atoms with van der Waals surface area (Å²) in [6.45, 7) is 4.72. The lowest BCUT2D eigenvalue weighted by atomic mass is 10.1. The molecule has 0 saturated heterocycles. The Kier molecular flexibility index (Phi) is 2.49. The van der Waals surface area contributed by atoms with Crippen LogP contribution in [0.15, 0.2) is 12.1 Å². The first-order valence-electron chi connectivity index (χ1n) is 5.01. The lowest BCUT2D eigenvalue weighted by molar-refractivity contribution is 0.839. The number of rotatable bonds is 1. The van der Waals surface area contributed by atoms with E-state index in [9.17, 15) is 0 Å². The van der Waals surface area contributed by atoms with Crippen LogP contribution in [0.4, 0.5) is 0 Å². The molecule has 2 N–H and O–H groups in total. The number of nitrogens with zero attached hydrogens (tertiary/aromatic N) is 1. The van der Waals surface area contributed by atoms with E-state index in [0.717, 1.165) is 10.6 Å². The van der Waals surface area contributed by atoms with Crippen molar-refractivity contribution < 1.29 is 0 Å². The van der Waals surface area contributed by atoms with E-state index in [1.54, 1.807) is 0 Å². The summed E-state index contributed by atoms with van der Waals surface area (Å²) in [5.41, 5.74) is 10.5. The monoisotopic (exact) mass is 222 g/mol. The number of hydrogen-bond donors (Lipinski definition) is 1. The Bertz CT molecular complexity index is 526. The maximum atomic E-state index is 6.12. The van der Waals surface area contributed by atoms with Crippen molar-refractivity contribution in [1.29, 1.82) is 0 Å². The molecule has 0 bridgehead atoms. The van der Waals surface area contributed by atoms with Gasteiger partial charge in [-0.05, 0) is 31.0 Å². The largest absolute Gasteiger partial charge is 0.346 e. The Morgan fingerprint density at radius 1 is 1.27 bits per heavy atom. The molecule has 0 unspecified atom stereocenters. The first kappa shape index (κ1) is 10.5. The van der Waals surface area contributed by atoms with Gasteiger partial charge < -0.3 is 10.3 Å². The van der Waals surface area contributed by atoms with Crippen molar-refractivity contribution in [3.05, 3.63) is 34.0 Å². The lowest BCUT2D eigenvalue weighted by Gasteiger charge is -2.05. The van der Waals surface area contributed by atoms with Crippen LogP contribution in [0, 0.1) is 13.8 Å². The Hall–Kier alpha value is -0.990. The zero-order chi connectivity index (χ0) is 11.2. The first-order valence-corrected chi connectivity index (χ1v) is 5.38. The van der Waals surface area contributed by atoms with Crippen LogP contribution in [-0.4, -0.2) is 4.57 Å². The van der Waals surface area contributed by atoms with Crippen LogP contribution in [0.5, 0.6) is 0 Å². The topological polar surface area (TPSA) is 30.9 Å². The summed E-state index contributed by atoms with van der Waals surface area (Å²) in [7, 11) is 2.04. The number of aryl methyl sites for hydroxylation is 3. The molecule has 0 fully saturated rings. The van der Waals surface area contributed by atoms with Gasteiger partial charge in [-0.15, -0.1) is 0 Å². The predicted molar refractivity (Wildman–Crippen MR) is 65.3 cm³/mol. The van der Waals surface area contributed by atoms with E-state index in [1.165, 1.54) is 22.2 Å². The second kappa shape index (κ2) is 3.54. The van der Waals surface area contributed by atoms with Crippen LogP contribution in [0.1, 0.15) is 16.8 Å². The van der Waals surface area contributed by atoms with Crippen LogP contribution in [0.2, 0.25) is 5.02 Å². The van der Waals surface area contributed by atoms with Crippen LogP contribution in [-0.2, 0) is 13.6 Å². The summed E-state index contributed by atoms with van der Waals surface area (Å²) in [5, 5.41) is 2.06. The van der Waals surface area contributed by atoms with Crippen molar-refractivity contribution >= 4 is 22.5 Å². The average Bonchev–Trinajstić information content (AvgIpc) is 2.45. The van der Waals surface area contributed by atoms with Gasteiger partial charge in [-0.3, -0.25) is 0 Å². The SMILES string of the molecule is Cc1c(CN)n(C)c2c(C)c(Cl)ccc12. The molecule has 1 aromatic heterocycles. The van der Waals surface area contributed by atoms with Crippen molar-refractivity contribution in [2.24, 2.45) is 12.8 Å². The molecule has 0 amide bonds. The van der Waals surface area contributed by atoms with Crippen LogP contribution >= 0.6 is 11.6 Å². The molecule has 0 aliphatic rings. The zero-order valence-electron chi connectivity index (χ0n) is 9.26. The Morgan fingerprint density at radius 3 is 2.53 bits per heavy atom. The highest BCUT2D eigenvalue weighted by Gasteiger charge is 2.13. The minimum atomic E-state index is 0.564. The minimum Gasteiger partial charge on any atom is -0.346 e. The lowest BCUT2D eigenvalue weighted by Crippen LogP contribution is -2.04. The van der Waals surface area contributed by atoms with E-state index in [0.29, 0.717) is 6.54 Å². The molecule has 0 saturated carbocycles. The molecule has 2 nitrogen and oxygen atoms in total. The van der Waals surface area contributed by atoms with Gasteiger partial charge in [-0.1, -0.05) is 17.7 Å². The predicted octanol–water partition coefficient (Wildman–Crippen LogP) is 2.91. The number of fused-ring (bicyclic) bond motifs is 1. The number of benzene rings is 1. The second-order valence-corrected chi connectivity index (χ2v) is 4.31. The van der Waals surface area contributed by atoms with E-state index < -0.39 is 0 Å². The van der Waals surface area contributed by atoms with Crippen molar-refractivity contribution in [2.75, 3.05) is 0 Å². The van der Waals surface area contributed by atoms with E-state index in [2.05, 4.69) is 17.6 Å². The number of hydrogen-bond acceptors (Lipinski definition) is 1. The van der Waals surface area contributed by atoms with Gasteiger partial charge in [0.25, 0.3) is 0 Å². The second-order valence-electron chi connectivity index (χ2n) is 3.90. The van der Waals surface area contributed by atoms with Gasteiger partial charge in [-0.25, -0.2) is 0 Å². The molecule has 0 aliphatic carbocycles. The molecule has 2 aromatic rings. The van der Waals surface area contributed by atoms with Gasteiger partial charge in [0.15, 0.2) is 0 Å². The number of aromatic nitrogens is 1. The molecular formula is C12H15ClN2. The molecule has 1 aromatic carbocycles. The number of nitrogens with two attached hydrogens (primary N) is 1.